The van der Waals surface area contributed by atoms with Crippen LogP contribution in [0.25, 0.3) is 0 Å². The zero-order valence-electron chi connectivity index (χ0n) is 11.4. The molecule has 0 N–H and O–H groups in total. The molecule has 0 spiro atoms. The number of piperidine rings is 1. The Morgan fingerprint density at radius 1 is 1.55 bits per heavy atom. The maximum absolute atomic E-state index is 11.8. The Labute approximate surface area is 127 Å². The summed E-state index contributed by atoms with van der Waals surface area (Å²) in [6.45, 7) is 1.22. The standard InChI is InChI=1S/C15H17BrN2O2/c1-20-14-4-2-11(8-13(14)16)6-7-18-10-12(9-17)3-5-15(18)19/h2,4,8,12H,3,5-7,10H2,1H3. The van der Waals surface area contributed by atoms with Gasteiger partial charge in [0.1, 0.15) is 5.75 Å². The van der Waals surface area contributed by atoms with Crippen molar-refractivity contribution in [3.63, 3.8) is 0 Å². The van der Waals surface area contributed by atoms with Crippen molar-refractivity contribution < 1.29 is 9.53 Å². The van der Waals surface area contributed by atoms with Crippen molar-refractivity contribution in [3.8, 4) is 11.8 Å². The summed E-state index contributed by atoms with van der Waals surface area (Å²) in [4.78, 5) is 13.6. The smallest absolute Gasteiger partial charge is 0.222 e. The molecule has 2 rings (SSSR count). The molecule has 1 aliphatic rings. The molecule has 0 saturated carbocycles. The van der Waals surface area contributed by atoms with Crippen LogP contribution < -0.4 is 4.74 Å². The molecule has 1 aromatic rings. The SMILES string of the molecule is COc1ccc(CCN2CC(C#N)CCC2=O)cc1Br. The number of nitriles is 1. The molecule has 0 aromatic heterocycles. The van der Waals surface area contributed by atoms with E-state index in [1.807, 2.05) is 18.2 Å². The number of methoxy groups -OCH3 is 1. The lowest BCUT2D eigenvalue weighted by Gasteiger charge is -2.29. The summed E-state index contributed by atoms with van der Waals surface area (Å²) in [6, 6.07) is 8.18. The summed E-state index contributed by atoms with van der Waals surface area (Å²) in [5, 5.41) is 8.97. The Bertz CT molecular complexity index is 539. The molecule has 20 heavy (non-hydrogen) atoms. The summed E-state index contributed by atoms with van der Waals surface area (Å²) >= 11 is 3.46. The van der Waals surface area contributed by atoms with Gasteiger partial charge in [-0.15, -0.1) is 0 Å². The van der Waals surface area contributed by atoms with E-state index in [0.717, 1.165) is 22.2 Å². The highest BCUT2D eigenvalue weighted by atomic mass is 79.9. The van der Waals surface area contributed by atoms with Gasteiger partial charge in [0.05, 0.1) is 23.6 Å². The quantitative estimate of drug-likeness (QED) is 0.849. The molecule has 1 fully saturated rings. The number of carbonyl (C=O) groups is 1. The number of carbonyl (C=O) groups excluding carboxylic acids is 1. The minimum atomic E-state index is -0.0182. The number of likely N-dealkylation sites (tertiary alicyclic amines) is 1. The lowest BCUT2D eigenvalue weighted by atomic mass is 9.98. The second kappa shape index (κ2) is 6.76. The van der Waals surface area contributed by atoms with Gasteiger partial charge >= 0.3 is 0 Å². The van der Waals surface area contributed by atoms with E-state index >= 15 is 0 Å². The van der Waals surface area contributed by atoms with Crippen LogP contribution in [0.2, 0.25) is 0 Å². The highest BCUT2D eigenvalue weighted by molar-refractivity contribution is 9.10. The summed E-state index contributed by atoms with van der Waals surface area (Å²) in [7, 11) is 1.63. The number of ether oxygens (including phenoxy) is 1. The van der Waals surface area contributed by atoms with Crippen LogP contribution in [0.3, 0.4) is 0 Å². The highest BCUT2D eigenvalue weighted by Gasteiger charge is 2.24. The van der Waals surface area contributed by atoms with E-state index in [1.165, 1.54) is 0 Å². The molecule has 0 bridgehead atoms. The largest absolute Gasteiger partial charge is 0.496 e. The van der Waals surface area contributed by atoms with E-state index in [9.17, 15) is 4.79 Å². The Hall–Kier alpha value is -1.54. The van der Waals surface area contributed by atoms with Crippen LogP contribution in [0.15, 0.2) is 22.7 Å². The molecule has 1 aliphatic heterocycles. The maximum Gasteiger partial charge on any atom is 0.222 e. The van der Waals surface area contributed by atoms with E-state index in [1.54, 1.807) is 12.0 Å². The second-order valence-corrected chi connectivity index (χ2v) is 5.78. The van der Waals surface area contributed by atoms with Gasteiger partial charge in [0, 0.05) is 19.5 Å². The van der Waals surface area contributed by atoms with Gasteiger partial charge in [-0.05, 0) is 46.5 Å². The molecule has 1 amide bonds. The summed E-state index contributed by atoms with van der Waals surface area (Å²) in [6.07, 6.45) is 1.97. The normalized spacial score (nSPS) is 18.8. The van der Waals surface area contributed by atoms with Gasteiger partial charge in [-0.1, -0.05) is 6.07 Å². The third-order valence-corrected chi connectivity index (χ3v) is 4.19. The first kappa shape index (κ1) is 14.9. The molecular weight excluding hydrogens is 320 g/mol. The van der Waals surface area contributed by atoms with E-state index < -0.39 is 0 Å². The molecule has 1 heterocycles. The Morgan fingerprint density at radius 2 is 2.35 bits per heavy atom. The van der Waals surface area contributed by atoms with Gasteiger partial charge in [-0.2, -0.15) is 5.26 Å². The van der Waals surface area contributed by atoms with Crippen LogP contribution >= 0.6 is 15.9 Å². The third kappa shape index (κ3) is 3.51. The van der Waals surface area contributed by atoms with E-state index in [2.05, 4.69) is 22.0 Å². The summed E-state index contributed by atoms with van der Waals surface area (Å²) in [5.41, 5.74) is 1.14. The second-order valence-electron chi connectivity index (χ2n) is 4.92. The molecule has 1 saturated heterocycles. The average molecular weight is 337 g/mol. The van der Waals surface area contributed by atoms with Gasteiger partial charge in [0.15, 0.2) is 0 Å². The van der Waals surface area contributed by atoms with Crippen LogP contribution in [0.4, 0.5) is 0 Å². The molecule has 0 radical (unpaired) electrons. The zero-order chi connectivity index (χ0) is 14.5. The Kier molecular flexibility index (Phi) is 5.02. The molecule has 1 aromatic carbocycles. The van der Waals surface area contributed by atoms with E-state index in [-0.39, 0.29) is 11.8 Å². The average Bonchev–Trinajstić information content (AvgIpc) is 2.46. The van der Waals surface area contributed by atoms with Crippen LogP contribution in [0.5, 0.6) is 5.75 Å². The van der Waals surface area contributed by atoms with E-state index in [0.29, 0.717) is 25.9 Å². The monoisotopic (exact) mass is 336 g/mol. The van der Waals surface area contributed by atoms with Crippen molar-refractivity contribution in [1.29, 1.82) is 5.26 Å². The number of hydrogen-bond acceptors (Lipinski definition) is 3. The molecular formula is C15H17BrN2O2. The molecule has 5 heteroatoms. The first-order valence-electron chi connectivity index (χ1n) is 6.64. The minimum Gasteiger partial charge on any atom is -0.496 e. The molecule has 1 atom stereocenters. The van der Waals surface area contributed by atoms with Crippen molar-refractivity contribution in [1.82, 2.24) is 4.90 Å². The highest BCUT2D eigenvalue weighted by Crippen LogP contribution is 2.26. The Morgan fingerprint density at radius 3 is 3.00 bits per heavy atom. The number of nitrogens with zero attached hydrogens (tertiary/aromatic N) is 2. The van der Waals surface area contributed by atoms with Crippen molar-refractivity contribution in [2.24, 2.45) is 5.92 Å². The van der Waals surface area contributed by atoms with Crippen LogP contribution in [-0.2, 0) is 11.2 Å². The molecule has 0 aliphatic carbocycles. The predicted octanol–water partition coefficient (Wildman–Crippen LogP) is 2.76. The van der Waals surface area contributed by atoms with Gasteiger partial charge in [-0.25, -0.2) is 0 Å². The van der Waals surface area contributed by atoms with Crippen molar-refractivity contribution in [2.45, 2.75) is 19.3 Å². The van der Waals surface area contributed by atoms with Gasteiger partial charge in [-0.3, -0.25) is 4.79 Å². The Balaban J connectivity index is 1.96. The van der Waals surface area contributed by atoms with Crippen molar-refractivity contribution >= 4 is 21.8 Å². The first-order valence-corrected chi connectivity index (χ1v) is 7.43. The molecule has 1 unspecified atom stereocenters. The fraction of sp³-hybridized carbons (Fsp3) is 0.467. The van der Waals surface area contributed by atoms with Crippen molar-refractivity contribution in [3.05, 3.63) is 28.2 Å². The number of hydrogen-bond donors (Lipinski definition) is 0. The van der Waals surface area contributed by atoms with Gasteiger partial charge < -0.3 is 9.64 Å². The number of rotatable bonds is 4. The third-order valence-electron chi connectivity index (χ3n) is 3.57. The van der Waals surface area contributed by atoms with Crippen LogP contribution in [0, 0.1) is 17.2 Å². The number of halogens is 1. The summed E-state index contributed by atoms with van der Waals surface area (Å²) in [5.74, 6) is 0.937. The maximum atomic E-state index is 11.8. The topological polar surface area (TPSA) is 53.3 Å². The fourth-order valence-corrected chi connectivity index (χ4v) is 2.95. The van der Waals surface area contributed by atoms with Gasteiger partial charge in [0.2, 0.25) is 5.91 Å². The molecule has 4 nitrogen and oxygen atoms in total. The van der Waals surface area contributed by atoms with Gasteiger partial charge in [0.25, 0.3) is 0 Å². The molecule has 106 valence electrons. The number of amides is 1. The lowest BCUT2D eigenvalue weighted by molar-refractivity contribution is -0.134. The predicted molar refractivity (Wildman–Crippen MR) is 79.3 cm³/mol. The first-order chi connectivity index (χ1) is 9.63. The van der Waals surface area contributed by atoms with Crippen LogP contribution in [-0.4, -0.2) is 31.0 Å². The minimum absolute atomic E-state index is 0.0182. The van der Waals surface area contributed by atoms with E-state index in [4.69, 9.17) is 10.00 Å². The van der Waals surface area contributed by atoms with Crippen molar-refractivity contribution in [2.75, 3.05) is 20.2 Å². The number of benzene rings is 1. The summed E-state index contributed by atoms with van der Waals surface area (Å²) < 4.78 is 6.11. The van der Waals surface area contributed by atoms with Crippen LogP contribution in [0.1, 0.15) is 18.4 Å². The fourth-order valence-electron chi connectivity index (χ4n) is 2.37. The lowest BCUT2D eigenvalue weighted by Crippen LogP contribution is -2.40. The zero-order valence-corrected chi connectivity index (χ0v) is 13.0.